The Morgan fingerprint density at radius 2 is 1.67 bits per heavy atom. The van der Waals surface area contributed by atoms with Crippen LogP contribution in [0.15, 0.2) is 28.7 Å². The van der Waals surface area contributed by atoms with Crippen LogP contribution in [0.5, 0.6) is 0 Å². The molecular weight excluding hydrogens is 612 g/mol. The summed E-state index contributed by atoms with van der Waals surface area (Å²) in [4.78, 5) is 25.0. The van der Waals surface area contributed by atoms with Gasteiger partial charge in [-0.3, -0.25) is 9.59 Å². The average Bonchev–Trinajstić information content (AvgIpc) is 3.34. The van der Waals surface area contributed by atoms with Crippen LogP contribution in [0, 0.1) is 52.3 Å². The molecule has 4 aliphatic rings. The van der Waals surface area contributed by atoms with Gasteiger partial charge >= 0.3 is 5.97 Å². The van der Waals surface area contributed by atoms with Crippen LogP contribution in [0.4, 0.5) is 0 Å². The van der Waals surface area contributed by atoms with Crippen LogP contribution in [-0.4, -0.2) is 63.2 Å². The first-order valence-electron chi connectivity index (χ1n) is 16.4. The van der Waals surface area contributed by atoms with Crippen LogP contribution >= 0.6 is 15.9 Å². The Balaban J connectivity index is 1.17. The van der Waals surface area contributed by atoms with Crippen molar-refractivity contribution in [2.45, 2.75) is 110 Å². The van der Waals surface area contributed by atoms with Crippen molar-refractivity contribution in [3.63, 3.8) is 0 Å². The lowest BCUT2D eigenvalue weighted by molar-refractivity contribution is -0.207. The largest absolute Gasteiger partial charge is 0.457 e. The molecular formula is C35H51BrO7. The van der Waals surface area contributed by atoms with Crippen LogP contribution in [0.2, 0.25) is 0 Å². The lowest BCUT2D eigenvalue weighted by Gasteiger charge is -2.63. The minimum absolute atomic E-state index is 0.0485. The van der Waals surface area contributed by atoms with Gasteiger partial charge in [0.2, 0.25) is 0 Å². The smallest absolute Gasteiger partial charge is 0.311 e. The maximum Gasteiger partial charge on any atom is 0.311 e. The number of aliphatic hydroxyl groups is 4. The van der Waals surface area contributed by atoms with Crippen LogP contribution < -0.4 is 0 Å². The predicted molar refractivity (Wildman–Crippen MR) is 167 cm³/mol. The summed E-state index contributed by atoms with van der Waals surface area (Å²) >= 11 is 3.34. The van der Waals surface area contributed by atoms with E-state index in [0.29, 0.717) is 30.7 Å². The SMILES string of the molecule is C[C@H](CC[C@H](O)[C@H](C)C(=O)OCC(=O)c1ccc(Br)cc1)[C@H]1CC[C@H]2[C@@H]3[C@H](O)C[C@@H]4C[C@H](O)CC[C@]4(C)[C@H]3C[C@H](O)[C@]12C. The number of esters is 1. The molecule has 1 aromatic carbocycles. The highest BCUT2D eigenvalue weighted by Gasteiger charge is 2.65. The summed E-state index contributed by atoms with van der Waals surface area (Å²) in [7, 11) is 0. The maximum atomic E-state index is 12.7. The van der Waals surface area contributed by atoms with Crippen molar-refractivity contribution in [2.24, 2.45) is 52.3 Å². The second-order valence-corrected chi connectivity index (χ2v) is 15.9. The molecule has 43 heavy (non-hydrogen) atoms. The van der Waals surface area contributed by atoms with Crippen molar-refractivity contribution in [1.29, 1.82) is 0 Å². The fourth-order valence-electron chi connectivity index (χ4n) is 10.2. The van der Waals surface area contributed by atoms with E-state index in [1.54, 1.807) is 31.2 Å². The van der Waals surface area contributed by atoms with Crippen LogP contribution in [0.1, 0.15) is 95.8 Å². The van der Waals surface area contributed by atoms with Crippen molar-refractivity contribution < 1.29 is 34.8 Å². The molecule has 7 nitrogen and oxygen atoms in total. The van der Waals surface area contributed by atoms with Gasteiger partial charge in [-0.2, -0.15) is 0 Å². The average molecular weight is 664 g/mol. The first-order chi connectivity index (χ1) is 20.3. The summed E-state index contributed by atoms with van der Waals surface area (Å²) in [5.41, 5.74) is 0.208. The molecule has 240 valence electrons. The Morgan fingerprint density at radius 1 is 0.977 bits per heavy atom. The number of hydrogen-bond donors (Lipinski definition) is 4. The second kappa shape index (κ2) is 12.8. The van der Waals surface area contributed by atoms with Gasteiger partial charge in [-0.1, -0.05) is 48.8 Å². The van der Waals surface area contributed by atoms with E-state index >= 15 is 0 Å². The fourth-order valence-corrected chi connectivity index (χ4v) is 10.4. The van der Waals surface area contributed by atoms with E-state index < -0.39 is 30.2 Å². The van der Waals surface area contributed by atoms with Gasteiger partial charge in [0.1, 0.15) is 0 Å². The summed E-state index contributed by atoms with van der Waals surface area (Å²) in [6.45, 7) is 8.06. The molecule has 0 bridgehead atoms. The number of halogens is 1. The van der Waals surface area contributed by atoms with Crippen molar-refractivity contribution in [3.8, 4) is 0 Å². The molecule has 0 spiro atoms. The van der Waals surface area contributed by atoms with Gasteiger partial charge in [-0.25, -0.2) is 0 Å². The topological polar surface area (TPSA) is 124 Å². The first kappa shape index (κ1) is 33.1. The van der Waals surface area contributed by atoms with Crippen LogP contribution in [-0.2, 0) is 9.53 Å². The molecule has 0 radical (unpaired) electrons. The fraction of sp³-hybridized carbons (Fsp3) is 0.771. The van der Waals surface area contributed by atoms with Crippen LogP contribution in [0.25, 0.3) is 0 Å². The van der Waals surface area contributed by atoms with Gasteiger partial charge in [-0.15, -0.1) is 0 Å². The monoisotopic (exact) mass is 662 g/mol. The predicted octanol–water partition coefficient (Wildman–Crippen LogP) is 5.55. The minimum atomic E-state index is -0.887. The van der Waals surface area contributed by atoms with Gasteiger partial charge in [0.15, 0.2) is 12.4 Å². The molecule has 4 fully saturated rings. The first-order valence-corrected chi connectivity index (χ1v) is 17.2. The lowest BCUT2D eigenvalue weighted by Crippen LogP contribution is -2.62. The third-order valence-corrected chi connectivity index (χ3v) is 13.4. The Kier molecular flexibility index (Phi) is 9.86. The number of ketones is 1. The minimum Gasteiger partial charge on any atom is -0.457 e. The molecule has 0 heterocycles. The Bertz CT molecular complexity index is 1160. The number of fused-ring (bicyclic) bond motifs is 5. The molecule has 1 aromatic rings. The zero-order valence-corrected chi connectivity index (χ0v) is 27.7. The lowest BCUT2D eigenvalue weighted by atomic mass is 9.43. The Hall–Kier alpha value is -1.32. The number of benzene rings is 1. The molecule has 4 aliphatic carbocycles. The van der Waals surface area contributed by atoms with E-state index in [-0.39, 0.29) is 58.9 Å². The van der Waals surface area contributed by atoms with E-state index in [9.17, 15) is 30.0 Å². The molecule has 0 aromatic heterocycles. The quantitative estimate of drug-likeness (QED) is 0.202. The Morgan fingerprint density at radius 3 is 2.37 bits per heavy atom. The zero-order chi connectivity index (χ0) is 31.3. The highest BCUT2D eigenvalue weighted by atomic mass is 79.9. The van der Waals surface area contributed by atoms with E-state index in [4.69, 9.17) is 4.74 Å². The summed E-state index contributed by atoms with van der Waals surface area (Å²) in [6.07, 6.45) is 5.06. The number of aliphatic hydroxyl groups excluding tert-OH is 4. The summed E-state index contributed by atoms with van der Waals surface area (Å²) in [6, 6.07) is 6.86. The van der Waals surface area contributed by atoms with Crippen molar-refractivity contribution in [2.75, 3.05) is 6.61 Å². The molecule has 4 N–H and O–H groups in total. The highest BCUT2D eigenvalue weighted by Crippen LogP contribution is 2.68. The maximum absolute atomic E-state index is 12.7. The van der Waals surface area contributed by atoms with Gasteiger partial charge in [0.05, 0.1) is 30.3 Å². The molecule has 0 amide bonds. The van der Waals surface area contributed by atoms with E-state index in [2.05, 4.69) is 36.7 Å². The third kappa shape index (κ3) is 6.13. The molecule has 5 rings (SSSR count). The standard InChI is InChI=1S/C35H51BrO7/c1-19(5-12-28(38)20(2)33(42)43-18-30(40)21-6-8-23(36)9-7-21)25-10-11-26-32-27(17-31(41)35(25,26)4)34(3)14-13-24(37)15-22(34)16-29(32)39/h6-9,19-20,22,24-29,31-32,37-39,41H,5,10-18H2,1-4H3/t19-,20+,22+,24-,25-,26+,27+,28+,29-,31+,32+,34+,35-/m1/s1. The molecule has 4 saturated carbocycles. The van der Waals surface area contributed by atoms with Crippen molar-refractivity contribution in [1.82, 2.24) is 0 Å². The van der Waals surface area contributed by atoms with Gasteiger partial charge < -0.3 is 25.2 Å². The molecule has 0 saturated heterocycles. The number of carbonyl (C=O) groups excluding carboxylic acids is 2. The third-order valence-electron chi connectivity index (χ3n) is 12.9. The van der Waals surface area contributed by atoms with Crippen molar-refractivity contribution >= 4 is 27.7 Å². The number of rotatable bonds is 9. The number of Topliss-reactive ketones (excluding diaryl/α,β-unsaturated/α-hetero) is 1. The van der Waals surface area contributed by atoms with Gasteiger partial charge in [0.25, 0.3) is 0 Å². The molecule has 8 heteroatoms. The second-order valence-electron chi connectivity index (χ2n) is 15.0. The summed E-state index contributed by atoms with van der Waals surface area (Å²) < 4.78 is 6.12. The van der Waals surface area contributed by atoms with E-state index in [0.717, 1.165) is 43.0 Å². The summed E-state index contributed by atoms with van der Waals surface area (Å²) in [5, 5.41) is 44.5. The number of ether oxygens (including phenoxy) is 1. The highest BCUT2D eigenvalue weighted by molar-refractivity contribution is 9.10. The van der Waals surface area contributed by atoms with E-state index in [1.807, 2.05) is 0 Å². The Labute approximate surface area is 264 Å². The van der Waals surface area contributed by atoms with Gasteiger partial charge in [-0.05, 0) is 123 Å². The van der Waals surface area contributed by atoms with E-state index in [1.165, 1.54) is 0 Å². The molecule has 0 unspecified atom stereocenters. The number of hydrogen-bond acceptors (Lipinski definition) is 7. The zero-order valence-electron chi connectivity index (χ0n) is 26.1. The van der Waals surface area contributed by atoms with Crippen molar-refractivity contribution in [3.05, 3.63) is 34.3 Å². The summed E-state index contributed by atoms with van der Waals surface area (Å²) in [5.74, 6) is -0.155. The normalized spacial score (nSPS) is 40.9. The molecule has 0 aliphatic heterocycles. The van der Waals surface area contributed by atoms with Gasteiger partial charge in [0, 0.05) is 10.0 Å². The molecule has 13 atom stereocenters. The van der Waals surface area contributed by atoms with Crippen LogP contribution in [0.3, 0.4) is 0 Å². The number of carbonyl (C=O) groups is 2.